The van der Waals surface area contributed by atoms with Crippen LogP contribution in [0.25, 0.3) is 0 Å². The van der Waals surface area contributed by atoms with Gasteiger partial charge in [-0.2, -0.15) is 26.3 Å². The van der Waals surface area contributed by atoms with Gasteiger partial charge >= 0.3 is 24.1 Å². The van der Waals surface area contributed by atoms with Crippen molar-refractivity contribution in [2.45, 2.75) is 37.5 Å². The molecule has 0 amide bonds. The Morgan fingerprint density at radius 2 is 1.24 bits per heavy atom. The predicted molar refractivity (Wildman–Crippen MR) is 37.1 cm³/mol. The number of hydrogen-bond donors (Lipinski definition) is 0. The molecule has 0 aromatic heterocycles. The van der Waals surface area contributed by atoms with Crippen LogP contribution in [0.1, 0.15) is 13.3 Å². The fourth-order valence-electron chi connectivity index (χ4n) is 0.773. The van der Waals surface area contributed by atoms with E-state index in [1.165, 1.54) is 0 Å². The highest BCUT2D eigenvalue weighted by molar-refractivity contribution is 4.93. The molecule has 0 radical (unpaired) electrons. The van der Waals surface area contributed by atoms with Gasteiger partial charge in [0.15, 0.2) is 0 Å². The molecule has 17 heavy (non-hydrogen) atoms. The fourth-order valence-corrected chi connectivity index (χ4v) is 0.773. The molecule has 10 heteroatoms. The van der Waals surface area contributed by atoms with Crippen molar-refractivity contribution < 1.29 is 44.3 Å². The monoisotopic (exact) mass is 278 g/mol. The van der Waals surface area contributed by atoms with Crippen molar-refractivity contribution in [3.63, 3.8) is 0 Å². The molecule has 0 saturated heterocycles. The number of ether oxygens (including phenoxy) is 1. The molecule has 0 aliphatic carbocycles. The third kappa shape index (κ3) is 4.25. The van der Waals surface area contributed by atoms with Gasteiger partial charge in [-0.1, -0.05) is 0 Å². The fraction of sp³-hybridized carbons (Fsp3) is 1.00. The lowest BCUT2D eigenvalue weighted by molar-refractivity contribution is -0.340. The smallest absolute Gasteiger partial charge is 0.292 e. The van der Waals surface area contributed by atoms with Gasteiger partial charge in [0.05, 0.1) is 6.61 Å². The standard InChI is InChI=1S/C7H7F9O/c1-4(8,9)6(12,13)5(10,11)2-3-17-7(14,15)16/h2-3H2,1H3. The van der Waals surface area contributed by atoms with E-state index in [2.05, 4.69) is 4.74 Å². The van der Waals surface area contributed by atoms with Crippen LogP contribution >= 0.6 is 0 Å². The second kappa shape index (κ2) is 4.54. The van der Waals surface area contributed by atoms with Crippen LogP contribution in [0.2, 0.25) is 0 Å². The van der Waals surface area contributed by atoms with E-state index >= 15 is 0 Å². The molecule has 0 aromatic rings. The zero-order valence-electron chi connectivity index (χ0n) is 8.22. The van der Waals surface area contributed by atoms with Crippen molar-refractivity contribution in [2.75, 3.05) is 6.61 Å². The van der Waals surface area contributed by atoms with Gasteiger partial charge in [0.2, 0.25) is 0 Å². The molecule has 0 rings (SSSR count). The van der Waals surface area contributed by atoms with Gasteiger partial charge in [0.1, 0.15) is 0 Å². The number of rotatable bonds is 5. The van der Waals surface area contributed by atoms with Crippen LogP contribution < -0.4 is 0 Å². The first kappa shape index (κ1) is 16.3. The summed E-state index contributed by atoms with van der Waals surface area (Å²) in [6.07, 6.45) is -7.47. The second-order valence-electron chi connectivity index (χ2n) is 3.21. The molecule has 0 aliphatic heterocycles. The zero-order chi connectivity index (χ0) is 14.1. The molecule has 0 saturated carbocycles. The first-order valence-electron chi connectivity index (χ1n) is 4.05. The van der Waals surface area contributed by atoms with Crippen molar-refractivity contribution in [3.8, 4) is 0 Å². The molecular formula is C7H7F9O. The zero-order valence-corrected chi connectivity index (χ0v) is 8.22. The Hall–Kier alpha value is -0.670. The van der Waals surface area contributed by atoms with E-state index in [-0.39, 0.29) is 0 Å². The van der Waals surface area contributed by atoms with E-state index in [0.717, 1.165) is 0 Å². The highest BCUT2D eigenvalue weighted by Crippen LogP contribution is 2.47. The van der Waals surface area contributed by atoms with E-state index in [4.69, 9.17) is 0 Å². The molecule has 0 aromatic carbocycles. The average Bonchev–Trinajstić information content (AvgIpc) is 1.98. The Bertz CT molecular complexity index is 251. The van der Waals surface area contributed by atoms with Crippen LogP contribution in [0.4, 0.5) is 39.5 Å². The Labute approximate surface area is 89.5 Å². The molecule has 0 N–H and O–H groups in total. The molecule has 0 bridgehead atoms. The predicted octanol–water partition coefficient (Wildman–Crippen LogP) is 3.84. The minimum Gasteiger partial charge on any atom is -0.292 e. The second-order valence-corrected chi connectivity index (χ2v) is 3.21. The lowest BCUT2D eigenvalue weighted by Crippen LogP contribution is -2.53. The Morgan fingerprint density at radius 1 is 0.824 bits per heavy atom. The summed E-state index contributed by atoms with van der Waals surface area (Å²) in [6, 6.07) is 0. The van der Waals surface area contributed by atoms with E-state index in [1.54, 1.807) is 0 Å². The van der Waals surface area contributed by atoms with Crippen molar-refractivity contribution in [1.82, 2.24) is 0 Å². The highest BCUT2D eigenvalue weighted by Gasteiger charge is 2.68. The molecule has 0 spiro atoms. The van der Waals surface area contributed by atoms with Crippen LogP contribution in [-0.2, 0) is 4.74 Å². The summed E-state index contributed by atoms with van der Waals surface area (Å²) >= 11 is 0. The highest BCUT2D eigenvalue weighted by atomic mass is 19.4. The molecule has 0 fully saturated rings. The summed E-state index contributed by atoms with van der Waals surface area (Å²) in [5.41, 5.74) is 0. The largest absolute Gasteiger partial charge is 0.522 e. The first-order chi connectivity index (χ1) is 7.21. The quantitative estimate of drug-likeness (QED) is 0.694. The van der Waals surface area contributed by atoms with E-state index in [0.29, 0.717) is 0 Å². The van der Waals surface area contributed by atoms with Gasteiger partial charge in [-0.3, -0.25) is 4.74 Å². The van der Waals surface area contributed by atoms with Crippen molar-refractivity contribution in [2.24, 2.45) is 0 Å². The minimum absolute atomic E-state index is 0.453. The number of alkyl halides is 9. The maximum absolute atomic E-state index is 12.6. The summed E-state index contributed by atoms with van der Waals surface area (Å²) in [5.74, 6) is -16.1. The molecule has 0 unspecified atom stereocenters. The van der Waals surface area contributed by atoms with E-state index in [9.17, 15) is 39.5 Å². The average molecular weight is 278 g/mol. The van der Waals surface area contributed by atoms with Gasteiger partial charge in [-0.15, -0.1) is 13.2 Å². The topological polar surface area (TPSA) is 9.23 Å². The van der Waals surface area contributed by atoms with Crippen LogP contribution in [0, 0.1) is 0 Å². The minimum atomic E-state index is -5.76. The van der Waals surface area contributed by atoms with E-state index in [1.807, 2.05) is 0 Å². The SMILES string of the molecule is CC(F)(F)C(F)(F)C(F)(F)CCOC(F)(F)F. The van der Waals surface area contributed by atoms with Gasteiger partial charge in [-0.05, 0) is 0 Å². The van der Waals surface area contributed by atoms with Crippen LogP contribution in [0.15, 0.2) is 0 Å². The van der Waals surface area contributed by atoms with Crippen LogP contribution in [0.5, 0.6) is 0 Å². The van der Waals surface area contributed by atoms with Crippen molar-refractivity contribution in [3.05, 3.63) is 0 Å². The maximum Gasteiger partial charge on any atom is 0.522 e. The summed E-state index contributed by atoms with van der Waals surface area (Å²) in [5, 5.41) is 0. The van der Waals surface area contributed by atoms with Crippen LogP contribution in [-0.4, -0.2) is 30.7 Å². The normalized spacial score (nSPS) is 15.2. The third-order valence-corrected chi connectivity index (χ3v) is 1.69. The van der Waals surface area contributed by atoms with Gasteiger partial charge in [0.25, 0.3) is 0 Å². The molecule has 0 heterocycles. The Kier molecular flexibility index (Phi) is 4.36. The number of halogens is 9. The summed E-state index contributed by atoms with van der Waals surface area (Å²) in [7, 11) is 0. The van der Waals surface area contributed by atoms with Gasteiger partial charge in [0, 0.05) is 13.3 Å². The summed E-state index contributed by atoms with van der Waals surface area (Å²) in [4.78, 5) is 0. The Morgan fingerprint density at radius 3 is 1.53 bits per heavy atom. The molecule has 0 aliphatic rings. The lowest BCUT2D eigenvalue weighted by atomic mass is 10.0. The van der Waals surface area contributed by atoms with Crippen molar-refractivity contribution >= 4 is 0 Å². The first-order valence-corrected chi connectivity index (χ1v) is 4.05. The molecule has 1 nitrogen and oxygen atoms in total. The molecule has 104 valence electrons. The van der Waals surface area contributed by atoms with Crippen molar-refractivity contribution in [1.29, 1.82) is 0 Å². The molecular weight excluding hydrogens is 271 g/mol. The summed E-state index contributed by atoms with van der Waals surface area (Å²) in [6.45, 7) is -2.30. The van der Waals surface area contributed by atoms with E-state index < -0.39 is 44.1 Å². The number of hydrogen-bond acceptors (Lipinski definition) is 1. The molecule has 0 atom stereocenters. The maximum atomic E-state index is 12.6. The Balaban J connectivity index is 4.58. The lowest BCUT2D eigenvalue weighted by Gasteiger charge is -2.30. The third-order valence-electron chi connectivity index (χ3n) is 1.69. The van der Waals surface area contributed by atoms with Gasteiger partial charge in [-0.25, -0.2) is 0 Å². The van der Waals surface area contributed by atoms with Gasteiger partial charge < -0.3 is 0 Å². The summed E-state index contributed by atoms with van der Waals surface area (Å²) < 4.78 is 111. The van der Waals surface area contributed by atoms with Crippen LogP contribution in [0.3, 0.4) is 0 Å².